The highest BCUT2D eigenvalue weighted by atomic mass is 32.2. The fourth-order valence-corrected chi connectivity index (χ4v) is 6.40. The third kappa shape index (κ3) is 5.91. The van der Waals surface area contributed by atoms with Gasteiger partial charge in [0.1, 0.15) is 20.8 Å². The minimum absolute atomic E-state index is 0.000801. The van der Waals surface area contributed by atoms with Gasteiger partial charge in [-0.05, 0) is 43.1 Å². The van der Waals surface area contributed by atoms with Crippen molar-refractivity contribution < 1.29 is 27.9 Å². The van der Waals surface area contributed by atoms with Gasteiger partial charge in [-0.2, -0.15) is 0 Å². The van der Waals surface area contributed by atoms with Crippen molar-refractivity contribution in [2.45, 2.75) is 83.3 Å². The van der Waals surface area contributed by atoms with Crippen LogP contribution in [0.5, 0.6) is 0 Å². The number of aromatic carboxylic acids is 1. The summed E-state index contributed by atoms with van der Waals surface area (Å²) in [4.78, 5) is 28.6. The van der Waals surface area contributed by atoms with E-state index in [1.807, 2.05) is 26.8 Å². The van der Waals surface area contributed by atoms with Gasteiger partial charge in [0, 0.05) is 16.9 Å². The van der Waals surface area contributed by atoms with Gasteiger partial charge in [-0.1, -0.05) is 40.0 Å². The van der Waals surface area contributed by atoms with Gasteiger partial charge < -0.3 is 14.7 Å². The summed E-state index contributed by atoms with van der Waals surface area (Å²) in [6.45, 7) is 6.44. The molecule has 32 heavy (non-hydrogen) atoms. The maximum atomic E-state index is 13.6. The molecule has 0 bridgehead atoms. The van der Waals surface area contributed by atoms with Crippen molar-refractivity contribution in [3.63, 3.8) is 0 Å². The molecule has 1 aliphatic heterocycles. The second-order valence-corrected chi connectivity index (χ2v) is 13.5. The van der Waals surface area contributed by atoms with E-state index >= 15 is 0 Å². The molecule has 2 fully saturated rings. The molecular formula is C23H35NO6S2. The van der Waals surface area contributed by atoms with Gasteiger partial charge in [0.05, 0.1) is 18.3 Å². The standard InChI is InChI=1S/C23H35NO6S2/c1-23(2,3)19-13-16(20(31-19)22(26)27)24-17(15-9-6-5-7-10-15)14-30-18(21(24)25)11-8-12-32(4,28)29/h13,15,17-18H,5-12,14H2,1-4H3,(H,26,27)/t17-,18?/m0/s1. The molecule has 1 aromatic rings. The van der Waals surface area contributed by atoms with Crippen LogP contribution in [0.1, 0.15) is 80.3 Å². The molecule has 1 N–H and O–H groups in total. The van der Waals surface area contributed by atoms with Crippen LogP contribution in [0, 0.1) is 5.92 Å². The second kappa shape index (κ2) is 9.81. The number of thiophene rings is 1. The molecule has 7 nitrogen and oxygen atoms in total. The van der Waals surface area contributed by atoms with Gasteiger partial charge in [0.15, 0.2) is 0 Å². The highest BCUT2D eigenvalue weighted by Gasteiger charge is 2.43. The quantitative estimate of drug-likeness (QED) is 0.620. The smallest absolute Gasteiger partial charge is 0.348 e. The third-order valence-corrected chi connectivity index (χ3v) is 8.96. The fourth-order valence-electron chi connectivity index (χ4n) is 4.66. The Morgan fingerprint density at radius 2 is 1.91 bits per heavy atom. The number of carbonyl (C=O) groups excluding carboxylic acids is 1. The predicted octanol–water partition coefficient (Wildman–Crippen LogP) is 4.25. The van der Waals surface area contributed by atoms with Gasteiger partial charge in [-0.25, -0.2) is 13.2 Å². The van der Waals surface area contributed by atoms with E-state index in [-0.39, 0.29) is 33.9 Å². The summed E-state index contributed by atoms with van der Waals surface area (Å²) in [5.74, 6) is -1.01. The number of amides is 1. The van der Waals surface area contributed by atoms with Crippen molar-refractivity contribution in [1.29, 1.82) is 0 Å². The van der Waals surface area contributed by atoms with E-state index in [4.69, 9.17) is 4.74 Å². The van der Waals surface area contributed by atoms with E-state index in [9.17, 15) is 23.1 Å². The van der Waals surface area contributed by atoms with Crippen molar-refractivity contribution in [3.05, 3.63) is 15.8 Å². The number of rotatable bonds is 7. The van der Waals surface area contributed by atoms with Crippen LogP contribution in [0.3, 0.4) is 0 Å². The molecule has 0 aromatic carbocycles. The van der Waals surface area contributed by atoms with Crippen molar-refractivity contribution in [1.82, 2.24) is 0 Å². The SMILES string of the molecule is CC(C)(C)c1cc(N2C(=O)C(CCCS(C)(=O)=O)OC[C@H]2C2CCCCC2)c(C(=O)O)s1. The topological polar surface area (TPSA) is 101 Å². The average molecular weight is 486 g/mol. The van der Waals surface area contributed by atoms with Crippen LogP contribution < -0.4 is 4.90 Å². The van der Waals surface area contributed by atoms with Crippen LogP contribution in [0.15, 0.2) is 6.07 Å². The largest absolute Gasteiger partial charge is 0.477 e. The first-order valence-electron chi connectivity index (χ1n) is 11.4. The van der Waals surface area contributed by atoms with Gasteiger partial charge in [-0.3, -0.25) is 4.79 Å². The van der Waals surface area contributed by atoms with Crippen molar-refractivity contribution in [2.75, 3.05) is 23.5 Å². The van der Waals surface area contributed by atoms with E-state index < -0.39 is 21.9 Å². The summed E-state index contributed by atoms with van der Waals surface area (Å²) < 4.78 is 29.0. The van der Waals surface area contributed by atoms with E-state index in [0.29, 0.717) is 25.1 Å². The normalized spacial score (nSPS) is 23.5. The lowest BCUT2D eigenvalue weighted by atomic mass is 9.82. The van der Waals surface area contributed by atoms with Crippen LogP contribution in [-0.2, 0) is 24.8 Å². The van der Waals surface area contributed by atoms with E-state index in [1.165, 1.54) is 24.0 Å². The average Bonchev–Trinajstić information content (AvgIpc) is 3.14. The first-order chi connectivity index (χ1) is 14.9. The van der Waals surface area contributed by atoms with Crippen molar-refractivity contribution in [3.8, 4) is 0 Å². The van der Waals surface area contributed by atoms with E-state index in [0.717, 1.165) is 30.6 Å². The summed E-state index contributed by atoms with van der Waals surface area (Å²) in [5.41, 5.74) is 0.224. The zero-order valence-corrected chi connectivity index (χ0v) is 21.1. The zero-order valence-electron chi connectivity index (χ0n) is 19.4. The molecule has 1 unspecified atom stereocenters. The molecule has 1 saturated carbocycles. The van der Waals surface area contributed by atoms with Crippen LogP contribution in [0.25, 0.3) is 0 Å². The molecule has 2 aliphatic rings. The van der Waals surface area contributed by atoms with Gasteiger partial charge in [0.2, 0.25) is 0 Å². The lowest BCUT2D eigenvalue weighted by Crippen LogP contribution is -2.57. The number of sulfone groups is 1. The van der Waals surface area contributed by atoms with E-state index in [1.54, 1.807) is 4.90 Å². The predicted molar refractivity (Wildman–Crippen MR) is 127 cm³/mol. The molecule has 1 amide bonds. The highest BCUT2D eigenvalue weighted by Crippen LogP contribution is 2.42. The van der Waals surface area contributed by atoms with Crippen LogP contribution >= 0.6 is 11.3 Å². The second-order valence-electron chi connectivity index (χ2n) is 10.1. The van der Waals surface area contributed by atoms with Gasteiger partial charge in [-0.15, -0.1) is 11.3 Å². The summed E-state index contributed by atoms with van der Waals surface area (Å²) in [6, 6.07) is 1.66. The zero-order chi connectivity index (χ0) is 23.7. The molecule has 9 heteroatoms. The Hall–Kier alpha value is -1.45. The lowest BCUT2D eigenvalue weighted by Gasteiger charge is -2.44. The van der Waals surface area contributed by atoms with E-state index in [2.05, 4.69) is 0 Å². The number of morpholine rings is 1. The van der Waals surface area contributed by atoms with Crippen LogP contribution in [0.2, 0.25) is 0 Å². The Labute approximate surface area is 195 Å². The molecule has 3 rings (SSSR count). The highest BCUT2D eigenvalue weighted by molar-refractivity contribution is 7.90. The number of ether oxygens (including phenoxy) is 1. The molecule has 0 radical (unpaired) electrons. The maximum Gasteiger partial charge on any atom is 0.348 e. The third-order valence-electron chi connectivity index (χ3n) is 6.39. The Bertz CT molecular complexity index is 940. The number of nitrogens with zero attached hydrogens (tertiary/aromatic N) is 1. The molecule has 1 saturated heterocycles. The molecule has 1 aromatic heterocycles. The molecule has 2 atom stereocenters. The number of carbonyl (C=O) groups is 2. The molecular weight excluding hydrogens is 450 g/mol. The Balaban J connectivity index is 1.96. The lowest BCUT2D eigenvalue weighted by molar-refractivity contribution is -0.138. The minimum atomic E-state index is -3.12. The van der Waals surface area contributed by atoms with Crippen molar-refractivity contribution in [2.24, 2.45) is 5.92 Å². The fraction of sp³-hybridized carbons (Fsp3) is 0.739. The summed E-state index contributed by atoms with van der Waals surface area (Å²) in [6.07, 6.45) is 6.44. The number of carboxylic acids is 1. The van der Waals surface area contributed by atoms with Crippen molar-refractivity contribution >= 4 is 38.7 Å². The first kappa shape index (κ1) is 25.2. The molecule has 2 heterocycles. The number of anilines is 1. The number of hydrogen-bond acceptors (Lipinski definition) is 6. The summed E-state index contributed by atoms with van der Waals surface area (Å²) in [7, 11) is -3.12. The molecule has 1 aliphatic carbocycles. The first-order valence-corrected chi connectivity index (χ1v) is 14.3. The van der Waals surface area contributed by atoms with Gasteiger partial charge >= 0.3 is 5.97 Å². The Morgan fingerprint density at radius 1 is 1.25 bits per heavy atom. The monoisotopic (exact) mass is 485 g/mol. The number of carboxylic acid groups (broad SMARTS) is 1. The minimum Gasteiger partial charge on any atom is -0.477 e. The maximum absolute atomic E-state index is 13.6. The number of hydrogen-bond donors (Lipinski definition) is 1. The Morgan fingerprint density at radius 3 is 2.47 bits per heavy atom. The summed E-state index contributed by atoms with van der Waals surface area (Å²) in [5, 5.41) is 9.93. The van der Waals surface area contributed by atoms with Crippen LogP contribution in [0.4, 0.5) is 5.69 Å². The Kier molecular flexibility index (Phi) is 7.72. The molecule has 180 valence electrons. The summed E-state index contributed by atoms with van der Waals surface area (Å²) >= 11 is 1.23. The van der Waals surface area contributed by atoms with Crippen LogP contribution in [-0.4, -0.2) is 56.2 Å². The van der Waals surface area contributed by atoms with Gasteiger partial charge in [0.25, 0.3) is 5.91 Å². The molecule has 0 spiro atoms.